The molecule has 28 heavy (non-hydrogen) atoms. The van der Waals surface area contributed by atoms with E-state index in [2.05, 4.69) is 4.98 Å². The quantitative estimate of drug-likeness (QED) is 0.280. The number of imidazole rings is 1. The van der Waals surface area contributed by atoms with E-state index < -0.39 is 11.4 Å². The van der Waals surface area contributed by atoms with Crippen LogP contribution >= 0.6 is 58.4 Å². The third-order valence-electron chi connectivity index (χ3n) is 3.58. The van der Waals surface area contributed by atoms with E-state index in [4.69, 9.17) is 55.3 Å². The first kappa shape index (κ1) is 21.1. The van der Waals surface area contributed by atoms with Crippen molar-refractivity contribution >= 4 is 63.7 Å². The molecule has 0 N–H and O–H groups in total. The maximum atomic E-state index is 12.3. The lowest BCUT2D eigenvalue weighted by atomic mass is 10.1. The molecule has 1 heterocycles. The second-order valence-corrected chi connectivity index (χ2v) is 7.88. The van der Waals surface area contributed by atoms with Crippen molar-refractivity contribution in [2.45, 2.75) is 12.6 Å². The molecule has 3 aromatic rings. The van der Waals surface area contributed by atoms with E-state index in [0.717, 1.165) is 0 Å². The molecule has 3 rings (SSSR count). The van der Waals surface area contributed by atoms with Crippen LogP contribution in [0, 0.1) is 0 Å². The normalized spacial score (nSPS) is 11.9. The first-order chi connectivity index (χ1) is 13.4. The summed E-state index contributed by atoms with van der Waals surface area (Å²) in [4.78, 5) is 16.3. The van der Waals surface area contributed by atoms with Crippen molar-refractivity contribution in [1.82, 2.24) is 9.55 Å². The summed E-state index contributed by atoms with van der Waals surface area (Å²) in [6.07, 6.45) is 4.31. The molecule has 0 radical (unpaired) electrons. The summed E-state index contributed by atoms with van der Waals surface area (Å²) < 4.78 is 12.7. The molecule has 0 aliphatic heterocycles. The van der Waals surface area contributed by atoms with Gasteiger partial charge in [0.25, 0.3) is 0 Å². The molecule has 0 bridgehead atoms. The number of benzene rings is 2. The number of rotatable bonds is 6. The lowest BCUT2D eigenvalue weighted by molar-refractivity contribution is 0.110. The van der Waals surface area contributed by atoms with E-state index in [1.165, 1.54) is 6.07 Å². The van der Waals surface area contributed by atoms with Crippen LogP contribution in [0.2, 0.25) is 20.1 Å². The molecule has 1 aromatic heterocycles. The van der Waals surface area contributed by atoms with Crippen LogP contribution in [0.5, 0.6) is 5.75 Å². The molecular weight excluding hydrogens is 466 g/mol. The zero-order valence-corrected chi connectivity index (χ0v) is 17.9. The molecule has 1 atom stereocenters. The highest BCUT2D eigenvalue weighted by Crippen LogP contribution is 2.33. The van der Waals surface area contributed by atoms with Crippen LogP contribution in [0.15, 0.2) is 55.1 Å². The number of hydrogen-bond acceptors (Lipinski definition) is 5. The number of halogens is 4. The average molecular weight is 478 g/mol. The molecule has 0 saturated heterocycles. The number of aromatic nitrogens is 2. The van der Waals surface area contributed by atoms with E-state index in [1.54, 1.807) is 53.6 Å². The van der Waals surface area contributed by atoms with Crippen LogP contribution in [0.25, 0.3) is 0 Å². The van der Waals surface area contributed by atoms with Crippen LogP contribution in [-0.4, -0.2) is 14.9 Å². The highest BCUT2D eigenvalue weighted by Gasteiger charge is 2.22. The van der Waals surface area contributed by atoms with Crippen molar-refractivity contribution in [3.8, 4) is 5.75 Å². The smallest absolute Gasteiger partial charge is 0.407 e. The standard InChI is InChI=1S/C18H12Cl4N2O3S/c19-11-1-3-13(14(21)7-11)17(9-24-6-5-23-10-24)26-18(25)28-27-16-4-2-12(20)8-15(16)22/h1-8,10,17H,9H2. The van der Waals surface area contributed by atoms with Gasteiger partial charge in [0.15, 0.2) is 17.8 Å². The third kappa shape index (κ3) is 5.72. The monoisotopic (exact) mass is 476 g/mol. The van der Waals surface area contributed by atoms with Crippen molar-refractivity contribution in [2.24, 2.45) is 0 Å². The zero-order valence-electron chi connectivity index (χ0n) is 14.0. The van der Waals surface area contributed by atoms with Crippen molar-refractivity contribution in [2.75, 3.05) is 0 Å². The molecule has 1 unspecified atom stereocenters. The zero-order chi connectivity index (χ0) is 20.1. The van der Waals surface area contributed by atoms with E-state index in [1.807, 2.05) is 0 Å². The first-order valence-electron chi connectivity index (χ1n) is 7.83. The maximum Gasteiger partial charge on any atom is 0.407 e. The van der Waals surface area contributed by atoms with E-state index in [-0.39, 0.29) is 5.02 Å². The Morgan fingerprint density at radius 3 is 2.43 bits per heavy atom. The van der Waals surface area contributed by atoms with E-state index >= 15 is 0 Å². The molecule has 0 aliphatic rings. The van der Waals surface area contributed by atoms with Crippen molar-refractivity contribution in [1.29, 1.82) is 0 Å². The van der Waals surface area contributed by atoms with Crippen molar-refractivity contribution < 1.29 is 13.7 Å². The van der Waals surface area contributed by atoms with Gasteiger partial charge in [0, 0.05) is 33.0 Å². The molecular formula is C18H12Cl4N2O3S. The molecule has 0 spiro atoms. The lowest BCUT2D eigenvalue weighted by Gasteiger charge is -2.19. The summed E-state index contributed by atoms with van der Waals surface area (Å²) in [6, 6.07) is 9.65. The number of carbonyl (C=O) groups is 1. The van der Waals surface area contributed by atoms with Gasteiger partial charge in [-0.15, -0.1) is 0 Å². The van der Waals surface area contributed by atoms with Gasteiger partial charge in [-0.05, 0) is 30.3 Å². The summed E-state index contributed by atoms with van der Waals surface area (Å²) in [5.74, 6) is 0.295. The Kier molecular flexibility index (Phi) is 7.37. The van der Waals surface area contributed by atoms with Crippen LogP contribution < -0.4 is 4.18 Å². The van der Waals surface area contributed by atoms with E-state index in [9.17, 15) is 4.79 Å². The Bertz CT molecular complexity index is 969. The summed E-state index contributed by atoms with van der Waals surface area (Å²) >= 11 is 24.6. The Hall–Kier alpha value is -1.57. The van der Waals surface area contributed by atoms with Gasteiger partial charge < -0.3 is 13.5 Å². The number of nitrogens with zero attached hydrogens (tertiary/aromatic N) is 2. The van der Waals surface area contributed by atoms with Gasteiger partial charge in [-0.1, -0.05) is 52.5 Å². The second-order valence-electron chi connectivity index (χ2n) is 5.52. The topological polar surface area (TPSA) is 53.4 Å². The van der Waals surface area contributed by atoms with Crippen molar-refractivity contribution in [3.05, 3.63) is 80.8 Å². The minimum atomic E-state index is -0.678. The predicted molar refractivity (Wildman–Crippen MR) is 113 cm³/mol. The molecule has 10 heteroatoms. The lowest BCUT2D eigenvalue weighted by Crippen LogP contribution is -2.15. The number of carbonyl (C=O) groups excluding carboxylic acids is 1. The minimum absolute atomic E-state index is 0.281. The van der Waals surface area contributed by atoms with Crippen LogP contribution in [0.3, 0.4) is 0 Å². The first-order valence-corrected chi connectivity index (χ1v) is 10.1. The maximum absolute atomic E-state index is 12.3. The average Bonchev–Trinajstić information content (AvgIpc) is 3.13. The summed E-state index contributed by atoms with van der Waals surface area (Å²) in [7, 11) is 0. The highest BCUT2D eigenvalue weighted by molar-refractivity contribution is 8.09. The van der Waals surface area contributed by atoms with Gasteiger partial charge in [-0.25, -0.2) is 9.78 Å². The Balaban J connectivity index is 1.72. The number of hydrogen-bond donors (Lipinski definition) is 0. The Morgan fingerprint density at radius 1 is 1.07 bits per heavy atom. The molecule has 2 aromatic carbocycles. The molecule has 146 valence electrons. The van der Waals surface area contributed by atoms with Gasteiger partial charge in [0.05, 0.1) is 17.9 Å². The Labute approximate surface area is 185 Å². The Morgan fingerprint density at radius 2 is 1.79 bits per heavy atom. The molecule has 0 fully saturated rings. The predicted octanol–water partition coefficient (Wildman–Crippen LogP) is 7.10. The SMILES string of the molecule is O=C(OC(Cn1ccnc1)c1ccc(Cl)cc1Cl)SOc1ccc(Cl)cc1Cl. The van der Waals surface area contributed by atoms with Gasteiger partial charge in [0.2, 0.25) is 0 Å². The van der Waals surface area contributed by atoms with E-state index in [0.29, 0.717) is 45.0 Å². The minimum Gasteiger partial charge on any atom is -0.445 e. The summed E-state index contributed by atoms with van der Waals surface area (Å²) in [5.41, 5.74) is 0.609. The van der Waals surface area contributed by atoms with Crippen LogP contribution in [0.1, 0.15) is 11.7 Å². The fourth-order valence-electron chi connectivity index (χ4n) is 2.31. The summed E-state index contributed by atoms with van der Waals surface area (Å²) in [6.45, 7) is 0.315. The van der Waals surface area contributed by atoms with Gasteiger partial charge in [-0.3, -0.25) is 0 Å². The van der Waals surface area contributed by atoms with Crippen molar-refractivity contribution in [3.63, 3.8) is 0 Å². The van der Waals surface area contributed by atoms with Crippen LogP contribution in [0.4, 0.5) is 4.79 Å². The molecule has 0 saturated carbocycles. The summed E-state index contributed by atoms with van der Waals surface area (Å²) in [5, 5.41) is 0.946. The van der Waals surface area contributed by atoms with Gasteiger partial charge in [0.1, 0.15) is 6.10 Å². The fourth-order valence-corrected chi connectivity index (χ4v) is 3.79. The van der Waals surface area contributed by atoms with Crippen LogP contribution in [-0.2, 0) is 11.3 Å². The number of ether oxygens (including phenoxy) is 1. The largest absolute Gasteiger partial charge is 0.445 e. The highest BCUT2D eigenvalue weighted by atomic mass is 35.5. The van der Waals surface area contributed by atoms with Gasteiger partial charge in [-0.2, -0.15) is 0 Å². The molecule has 5 nitrogen and oxygen atoms in total. The van der Waals surface area contributed by atoms with Gasteiger partial charge >= 0.3 is 5.30 Å². The molecule has 0 amide bonds. The second kappa shape index (κ2) is 9.76. The molecule has 0 aliphatic carbocycles. The fraction of sp³-hybridized carbons (Fsp3) is 0.111. The third-order valence-corrected chi connectivity index (χ3v) is 5.17.